The van der Waals surface area contributed by atoms with Crippen LogP contribution >= 0.6 is 0 Å². The fourth-order valence-corrected chi connectivity index (χ4v) is 6.00. The van der Waals surface area contributed by atoms with Crippen molar-refractivity contribution in [1.29, 1.82) is 0 Å². The molecular weight excluding hydrogens is 752 g/mol. The van der Waals surface area contributed by atoms with Crippen molar-refractivity contribution < 1.29 is 63.0 Å². The molecule has 1 heterocycles. The number of rotatable bonds is 22. The molecule has 0 bridgehead atoms. The largest absolute Gasteiger partial charge is 0.468 e. The Balaban J connectivity index is 1.87. The molecule has 2 aliphatic rings. The highest BCUT2D eigenvalue weighted by molar-refractivity contribution is 5.77. The van der Waals surface area contributed by atoms with E-state index in [1.54, 1.807) is 27.7 Å². The van der Waals surface area contributed by atoms with Gasteiger partial charge in [-0.3, -0.25) is 14.9 Å². The second-order valence-corrected chi connectivity index (χ2v) is 14.6. The Bertz CT molecular complexity index is 1440. The number of amides is 3. The van der Waals surface area contributed by atoms with Crippen LogP contribution in [-0.4, -0.2) is 132 Å². The maximum Gasteiger partial charge on any atom is 0.407 e. The van der Waals surface area contributed by atoms with Gasteiger partial charge in [0.2, 0.25) is 5.91 Å². The number of aliphatic hydroxyl groups excluding tert-OH is 3. The highest BCUT2D eigenvalue weighted by atomic mass is 16.7. The summed E-state index contributed by atoms with van der Waals surface area (Å²) in [6, 6.07) is 3.40. The molecule has 20 nitrogen and oxygen atoms in total. The highest BCUT2D eigenvalue weighted by Crippen LogP contribution is 2.31. The molecule has 322 valence electrons. The molecule has 1 fully saturated rings. The van der Waals surface area contributed by atoms with E-state index in [9.17, 15) is 39.8 Å². The molecule has 3 rings (SSSR count). The van der Waals surface area contributed by atoms with Gasteiger partial charge in [0.25, 0.3) is 5.69 Å². The van der Waals surface area contributed by atoms with E-state index in [1.165, 1.54) is 24.3 Å². The molecule has 8 atom stereocenters. The van der Waals surface area contributed by atoms with Crippen molar-refractivity contribution in [3.05, 3.63) is 51.8 Å². The molecule has 0 aromatic heterocycles. The summed E-state index contributed by atoms with van der Waals surface area (Å²) in [5, 5.41) is 54.6. The number of hydrogen-bond donors (Lipinski definition) is 8. The molecule has 20 heteroatoms. The number of carbonyl (C=O) groups is 3. The molecule has 0 unspecified atom stereocenters. The quantitative estimate of drug-likeness (QED) is 0.0353. The van der Waals surface area contributed by atoms with Crippen molar-refractivity contribution >= 4 is 23.8 Å². The lowest BCUT2D eigenvalue weighted by molar-refractivity contribution is -0.384. The van der Waals surface area contributed by atoms with Crippen molar-refractivity contribution in [2.75, 3.05) is 39.4 Å². The third kappa shape index (κ3) is 16.7. The van der Waals surface area contributed by atoms with Gasteiger partial charge in [0.05, 0.1) is 36.8 Å². The number of ether oxygens (including phenoxy) is 6. The zero-order valence-electron chi connectivity index (χ0n) is 33.1. The molecule has 0 spiro atoms. The summed E-state index contributed by atoms with van der Waals surface area (Å²) in [6.07, 6.45) is -5.56. The summed E-state index contributed by atoms with van der Waals surface area (Å²) in [6.45, 7) is 7.48. The molecule has 1 aliphatic heterocycles. The number of nitro benzene ring substituents is 1. The number of carbonyl (C=O) groups excluding carboxylic acids is 3. The molecular formula is C37H60N6O14. The lowest BCUT2D eigenvalue weighted by Crippen LogP contribution is -2.67. The van der Waals surface area contributed by atoms with Crippen LogP contribution in [0.5, 0.6) is 0 Å². The van der Waals surface area contributed by atoms with E-state index in [0.29, 0.717) is 43.8 Å². The standard InChI is InChI=1S/C37H60N6O14/c1-5-28(45)34(52-19-18-44)56-33-26(41-29(46)14-17-40-35(48)57-37(2,3)4)20-27(42-36(49)53-22-23-10-12-24(13-11-23)43(50)51)32(31(33)47)55-30-9-6-8-25(54-30)21-39-16-7-15-38/h8,10-13,26-28,30-34,39,44-45,47H,5-7,9,14-22,38H2,1-4H3,(H,40,48)(H,41,46)(H,42,49)/t26-,27+,28-,30-,31+,32-,33+,34-/m1/s1. The van der Waals surface area contributed by atoms with E-state index in [1.807, 2.05) is 6.08 Å². The van der Waals surface area contributed by atoms with Crippen molar-refractivity contribution in [1.82, 2.24) is 21.3 Å². The van der Waals surface area contributed by atoms with Gasteiger partial charge in [0, 0.05) is 31.5 Å². The van der Waals surface area contributed by atoms with Gasteiger partial charge in [0.1, 0.15) is 42.4 Å². The van der Waals surface area contributed by atoms with Gasteiger partial charge in [-0.1, -0.05) is 6.92 Å². The molecule has 3 amide bonds. The second-order valence-electron chi connectivity index (χ2n) is 14.6. The lowest BCUT2D eigenvalue weighted by Gasteiger charge is -2.46. The van der Waals surface area contributed by atoms with Gasteiger partial charge >= 0.3 is 12.2 Å². The van der Waals surface area contributed by atoms with E-state index in [4.69, 9.17) is 34.2 Å². The van der Waals surface area contributed by atoms with E-state index < -0.39 is 77.7 Å². The van der Waals surface area contributed by atoms with Crippen LogP contribution in [0.3, 0.4) is 0 Å². The number of hydrogen-bond acceptors (Lipinski definition) is 16. The minimum Gasteiger partial charge on any atom is -0.468 e. The van der Waals surface area contributed by atoms with Crippen LogP contribution in [0.2, 0.25) is 0 Å². The zero-order chi connectivity index (χ0) is 42.0. The summed E-state index contributed by atoms with van der Waals surface area (Å²) < 4.78 is 34.9. The molecule has 9 N–H and O–H groups in total. The molecule has 0 saturated heterocycles. The lowest BCUT2D eigenvalue weighted by atomic mass is 9.83. The Morgan fingerprint density at radius 1 is 1.09 bits per heavy atom. The molecule has 1 aliphatic carbocycles. The number of non-ortho nitro benzene ring substituents is 1. The Morgan fingerprint density at radius 3 is 2.46 bits per heavy atom. The van der Waals surface area contributed by atoms with Gasteiger partial charge in [-0.2, -0.15) is 0 Å². The van der Waals surface area contributed by atoms with E-state index in [2.05, 4.69) is 21.3 Å². The van der Waals surface area contributed by atoms with Crippen LogP contribution in [-0.2, 0) is 39.8 Å². The summed E-state index contributed by atoms with van der Waals surface area (Å²) >= 11 is 0. The first-order valence-electron chi connectivity index (χ1n) is 19.2. The van der Waals surface area contributed by atoms with Crippen molar-refractivity contribution in [2.24, 2.45) is 5.73 Å². The fourth-order valence-electron chi connectivity index (χ4n) is 6.00. The van der Waals surface area contributed by atoms with Crippen LogP contribution in [0.1, 0.15) is 71.8 Å². The van der Waals surface area contributed by atoms with E-state index in [-0.39, 0.29) is 51.3 Å². The zero-order valence-corrected chi connectivity index (χ0v) is 33.1. The number of aliphatic hydroxyl groups is 3. The molecule has 1 aromatic carbocycles. The maximum absolute atomic E-state index is 13.3. The molecule has 1 saturated carbocycles. The Hall–Kier alpha value is -4.15. The van der Waals surface area contributed by atoms with Crippen LogP contribution in [0.4, 0.5) is 15.3 Å². The summed E-state index contributed by atoms with van der Waals surface area (Å²) in [7, 11) is 0. The van der Waals surface area contributed by atoms with Gasteiger partial charge in [-0.15, -0.1) is 0 Å². The first kappa shape index (κ1) is 47.2. The highest BCUT2D eigenvalue weighted by Gasteiger charge is 2.49. The summed E-state index contributed by atoms with van der Waals surface area (Å²) in [5.74, 6) is 0.0640. The van der Waals surface area contributed by atoms with Crippen molar-refractivity contribution in [3.8, 4) is 0 Å². The Labute approximate surface area is 332 Å². The van der Waals surface area contributed by atoms with Gasteiger partial charge in [0.15, 0.2) is 12.6 Å². The van der Waals surface area contributed by atoms with Crippen LogP contribution in [0.25, 0.3) is 0 Å². The summed E-state index contributed by atoms with van der Waals surface area (Å²) in [4.78, 5) is 49.3. The number of nitro groups is 1. The average molecular weight is 813 g/mol. The number of nitrogens with one attached hydrogen (secondary N) is 4. The topological polar surface area (TPSA) is 285 Å². The first-order chi connectivity index (χ1) is 27.1. The minimum absolute atomic E-state index is 0.0866. The van der Waals surface area contributed by atoms with Gasteiger partial charge in [-0.25, -0.2) is 9.59 Å². The second kappa shape index (κ2) is 23.9. The van der Waals surface area contributed by atoms with Crippen LogP contribution < -0.4 is 27.0 Å². The Kier molecular flexibility index (Phi) is 19.8. The first-order valence-corrected chi connectivity index (χ1v) is 19.2. The number of nitrogens with zero attached hydrogens (tertiary/aromatic N) is 1. The van der Waals surface area contributed by atoms with Crippen molar-refractivity contribution in [3.63, 3.8) is 0 Å². The normalized spacial score (nSPS) is 23.3. The number of allylic oxidation sites excluding steroid dienone is 1. The van der Waals surface area contributed by atoms with Gasteiger partial charge in [-0.05, 0) is 83.3 Å². The fraction of sp³-hybridized carbons (Fsp3) is 0.703. The van der Waals surface area contributed by atoms with Crippen molar-refractivity contribution in [2.45, 2.75) is 128 Å². The number of benzene rings is 1. The molecule has 0 radical (unpaired) electrons. The monoisotopic (exact) mass is 812 g/mol. The minimum atomic E-state index is -1.59. The average Bonchev–Trinajstić information content (AvgIpc) is 3.16. The molecule has 1 aromatic rings. The number of alkyl carbamates (subject to hydrolysis) is 2. The molecule has 57 heavy (non-hydrogen) atoms. The smallest absolute Gasteiger partial charge is 0.407 e. The Morgan fingerprint density at radius 2 is 1.81 bits per heavy atom. The van der Waals surface area contributed by atoms with Gasteiger partial charge < -0.3 is 70.7 Å². The summed E-state index contributed by atoms with van der Waals surface area (Å²) in [5.41, 5.74) is 5.19. The predicted octanol–water partition coefficient (Wildman–Crippen LogP) is 1.19. The van der Waals surface area contributed by atoms with Crippen LogP contribution in [0.15, 0.2) is 36.1 Å². The predicted molar refractivity (Wildman–Crippen MR) is 203 cm³/mol. The van der Waals surface area contributed by atoms with Crippen LogP contribution in [0, 0.1) is 10.1 Å². The SMILES string of the molecule is CC[C@@H](O)[C@H](OCCO)O[C@@H]1[C@@H](O)[C@H](O[C@@H]2CCC=C(CNCCCN)O2)[C@@H](NC(=O)OCc2ccc([N+](=O)[O-])cc2)C[C@H]1NC(=O)CCNC(=O)OC(C)(C)C. The van der Waals surface area contributed by atoms with E-state index >= 15 is 0 Å². The maximum atomic E-state index is 13.3. The van der Waals surface area contributed by atoms with E-state index in [0.717, 1.165) is 6.42 Å². The third-order valence-electron chi connectivity index (χ3n) is 8.78. The number of nitrogens with two attached hydrogens (primary N) is 1. The third-order valence-corrected chi connectivity index (χ3v) is 8.78.